The molecule has 10 nitrogen and oxygen atoms in total. The van der Waals surface area contributed by atoms with Gasteiger partial charge in [0.25, 0.3) is 11.8 Å². The molecule has 2 aliphatic heterocycles. The standard InChI is InChI=1S/C41H34Cl3N3O7/c1-20-4-8-23(17-31(20)43)46-37(49)27-13-12-26-28(35(27)39(46)51)19-30-38(50)47(45-33-14-7-22(42)16-32(33)44)40(52)41(30,21-5-9-24(53-2)10-6-21)36(26)29-18-25(54-3)11-15-34(29)48/h4-12,14-18,27-28,30,35-36,45,48H,13,19H2,1-3H3. The molecule has 0 radical (unpaired) electrons. The number of hydrazine groups is 1. The molecule has 0 bridgehead atoms. The van der Waals surface area contributed by atoms with Crippen molar-refractivity contribution < 1.29 is 33.8 Å². The summed E-state index contributed by atoms with van der Waals surface area (Å²) < 4.78 is 11.1. The minimum Gasteiger partial charge on any atom is -0.508 e. The highest BCUT2D eigenvalue weighted by Crippen LogP contribution is 2.65. The number of anilines is 2. The Balaban J connectivity index is 1.34. The van der Waals surface area contributed by atoms with Crippen LogP contribution in [0.25, 0.3) is 0 Å². The van der Waals surface area contributed by atoms with Gasteiger partial charge in [0.1, 0.15) is 17.2 Å². The van der Waals surface area contributed by atoms with E-state index in [0.29, 0.717) is 43.9 Å². The summed E-state index contributed by atoms with van der Waals surface area (Å²) in [6, 6.07) is 21.4. The van der Waals surface area contributed by atoms with E-state index in [0.717, 1.165) is 10.6 Å². The van der Waals surface area contributed by atoms with Crippen LogP contribution < -0.4 is 19.8 Å². The van der Waals surface area contributed by atoms with Crippen LogP contribution in [0.3, 0.4) is 0 Å². The zero-order valence-electron chi connectivity index (χ0n) is 29.3. The van der Waals surface area contributed by atoms with Gasteiger partial charge in [-0.25, -0.2) is 4.90 Å². The second-order valence-electron chi connectivity index (χ2n) is 14.1. The largest absolute Gasteiger partial charge is 0.508 e. The summed E-state index contributed by atoms with van der Waals surface area (Å²) in [6.07, 6.45) is 2.17. The van der Waals surface area contributed by atoms with E-state index in [1.165, 1.54) is 31.3 Å². The molecule has 2 N–H and O–H groups in total. The van der Waals surface area contributed by atoms with Gasteiger partial charge in [0.15, 0.2) is 0 Å². The molecule has 6 atom stereocenters. The van der Waals surface area contributed by atoms with E-state index in [-0.39, 0.29) is 35.2 Å². The maximum atomic E-state index is 15.4. The van der Waals surface area contributed by atoms with Crippen LogP contribution in [0.15, 0.2) is 90.5 Å². The van der Waals surface area contributed by atoms with Crippen LogP contribution in [0.1, 0.15) is 35.4 Å². The molecule has 2 aliphatic carbocycles. The molecule has 3 fully saturated rings. The number of benzene rings is 4. The van der Waals surface area contributed by atoms with Crippen LogP contribution >= 0.6 is 34.8 Å². The summed E-state index contributed by atoms with van der Waals surface area (Å²) in [5.41, 5.74) is 4.25. The number of hydrogen-bond donors (Lipinski definition) is 2. The number of nitrogens with one attached hydrogen (secondary N) is 1. The fourth-order valence-corrected chi connectivity index (χ4v) is 9.68. The first-order chi connectivity index (χ1) is 25.9. The number of halogens is 3. The molecular formula is C41H34Cl3N3O7. The summed E-state index contributed by atoms with van der Waals surface area (Å²) in [4.78, 5) is 60.3. The third kappa shape index (κ3) is 5.29. The number of allylic oxidation sites excluding steroid dienone is 2. The number of ether oxygens (including phenoxy) is 2. The Labute approximate surface area is 326 Å². The van der Waals surface area contributed by atoms with Gasteiger partial charge in [-0.05, 0) is 97.5 Å². The van der Waals surface area contributed by atoms with Gasteiger partial charge in [-0.1, -0.05) is 64.7 Å². The van der Waals surface area contributed by atoms with Crippen molar-refractivity contribution in [3.05, 3.63) is 122 Å². The second kappa shape index (κ2) is 13.4. The van der Waals surface area contributed by atoms with Gasteiger partial charge in [0, 0.05) is 21.5 Å². The lowest BCUT2D eigenvalue weighted by molar-refractivity contribution is -0.138. The molecule has 4 amide bonds. The molecule has 0 aromatic heterocycles. The minimum absolute atomic E-state index is 0.0544. The van der Waals surface area contributed by atoms with Crippen LogP contribution in [-0.4, -0.2) is 48.0 Å². The number of rotatable bonds is 7. The van der Waals surface area contributed by atoms with Gasteiger partial charge >= 0.3 is 0 Å². The van der Waals surface area contributed by atoms with Crippen molar-refractivity contribution in [2.24, 2.45) is 23.7 Å². The summed E-state index contributed by atoms with van der Waals surface area (Å²) in [5.74, 6) is -5.38. The van der Waals surface area contributed by atoms with Crippen LogP contribution in [0, 0.1) is 30.6 Å². The highest BCUT2D eigenvalue weighted by Gasteiger charge is 2.70. The molecule has 4 aromatic carbocycles. The average Bonchev–Trinajstić information content (AvgIpc) is 3.54. The topological polar surface area (TPSA) is 125 Å². The highest BCUT2D eigenvalue weighted by molar-refractivity contribution is 6.36. The van der Waals surface area contributed by atoms with E-state index in [2.05, 4.69) is 5.43 Å². The number of aryl methyl sites for hydroxylation is 1. The van der Waals surface area contributed by atoms with E-state index in [1.54, 1.807) is 66.7 Å². The molecule has 8 rings (SSSR count). The number of nitrogens with zero attached hydrogens (tertiary/aromatic N) is 2. The maximum Gasteiger partial charge on any atom is 0.260 e. The second-order valence-corrected chi connectivity index (χ2v) is 15.3. The highest BCUT2D eigenvalue weighted by atomic mass is 35.5. The van der Waals surface area contributed by atoms with Crippen molar-refractivity contribution >= 4 is 69.8 Å². The normalized spacial score (nSPS) is 26.0. The summed E-state index contributed by atoms with van der Waals surface area (Å²) in [7, 11) is 3.02. The molecule has 0 spiro atoms. The fraction of sp³-hybridized carbons (Fsp3) is 0.268. The molecule has 4 aromatic rings. The van der Waals surface area contributed by atoms with Gasteiger partial charge in [-0.2, -0.15) is 5.01 Å². The van der Waals surface area contributed by atoms with Crippen molar-refractivity contribution in [3.63, 3.8) is 0 Å². The van der Waals surface area contributed by atoms with Crippen LogP contribution in [0.2, 0.25) is 15.1 Å². The van der Waals surface area contributed by atoms with Crippen molar-refractivity contribution in [3.8, 4) is 17.2 Å². The lowest BCUT2D eigenvalue weighted by Gasteiger charge is -2.50. The number of methoxy groups -OCH3 is 2. The number of carbonyl (C=O) groups excluding carboxylic acids is 4. The Hall–Kier alpha value is -5.03. The predicted octanol–water partition coefficient (Wildman–Crippen LogP) is 7.87. The number of amides is 4. The summed E-state index contributed by atoms with van der Waals surface area (Å²) in [6.45, 7) is 1.83. The van der Waals surface area contributed by atoms with Crippen LogP contribution in [0.5, 0.6) is 17.2 Å². The third-order valence-corrected chi connectivity index (χ3v) is 12.5. The van der Waals surface area contributed by atoms with Crippen molar-refractivity contribution in [1.29, 1.82) is 0 Å². The third-order valence-electron chi connectivity index (χ3n) is 11.5. The van der Waals surface area contributed by atoms with Crippen molar-refractivity contribution in [1.82, 2.24) is 5.01 Å². The van der Waals surface area contributed by atoms with E-state index in [1.807, 2.05) is 13.0 Å². The lowest BCUT2D eigenvalue weighted by atomic mass is 9.49. The summed E-state index contributed by atoms with van der Waals surface area (Å²) in [5, 5.41) is 13.6. The summed E-state index contributed by atoms with van der Waals surface area (Å²) >= 11 is 19.2. The van der Waals surface area contributed by atoms with Crippen LogP contribution in [0.4, 0.5) is 11.4 Å². The Morgan fingerprint density at radius 1 is 0.796 bits per heavy atom. The fourth-order valence-electron chi connectivity index (χ4n) is 9.05. The number of phenols is 1. The number of hydrogen-bond acceptors (Lipinski definition) is 8. The Kier molecular flexibility index (Phi) is 8.91. The van der Waals surface area contributed by atoms with Gasteiger partial charge in [-0.3, -0.25) is 24.6 Å². The molecule has 6 unspecified atom stereocenters. The number of imide groups is 2. The Bertz CT molecular complexity index is 2300. The first-order valence-electron chi connectivity index (χ1n) is 17.4. The van der Waals surface area contributed by atoms with E-state index >= 15 is 4.79 Å². The van der Waals surface area contributed by atoms with E-state index in [9.17, 15) is 19.5 Å². The number of aromatic hydroxyl groups is 1. The van der Waals surface area contributed by atoms with Crippen molar-refractivity contribution in [2.45, 2.75) is 31.1 Å². The monoisotopic (exact) mass is 785 g/mol. The van der Waals surface area contributed by atoms with Gasteiger partial charge in [-0.15, -0.1) is 0 Å². The smallest absolute Gasteiger partial charge is 0.260 e. The zero-order chi connectivity index (χ0) is 38.2. The van der Waals surface area contributed by atoms with Gasteiger partial charge in [0.2, 0.25) is 11.8 Å². The predicted molar refractivity (Wildman–Crippen MR) is 204 cm³/mol. The molecule has 13 heteroatoms. The van der Waals surface area contributed by atoms with Gasteiger partial charge < -0.3 is 14.6 Å². The molecular weight excluding hydrogens is 753 g/mol. The Morgan fingerprint density at radius 3 is 2.20 bits per heavy atom. The average molecular weight is 787 g/mol. The molecule has 1 saturated carbocycles. The zero-order valence-corrected chi connectivity index (χ0v) is 31.6. The van der Waals surface area contributed by atoms with E-state index < -0.39 is 52.7 Å². The van der Waals surface area contributed by atoms with Crippen LogP contribution in [-0.2, 0) is 24.6 Å². The van der Waals surface area contributed by atoms with Crippen molar-refractivity contribution in [2.75, 3.05) is 24.5 Å². The molecule has 276 valence electrons. The van der Waals surface area contributed by atoms with Gasteiger partial charge in [0.05, 0.1) is 53.8 Å². The molecule has 2 saturated heterocycles. The molecule has 54 heavy (non-hydrogen) atoms. The maximum absolute atomic E-state index is 15.4. The molecule has 4 aliphatic rings. The lowest BCUT2D eigenvalue weighted by Crippen LogP contribution is -2.53. The van der Waals surface area contributed by atoms with E-state index in [4.69, 9.17) is 44.3 Å². The SMILES string of the molecule is COc1ccc(C23C(=O)N(Nc4ccc(Cl)cc4Cl)C(=O)C2CC2C(=CCC4C(=O)N(c5ccc(C)c(Cl)c5)C(=O)C42)C3c2cc(OC)ccc2O)cc1. The molecule has 2 heterocycles. The first kappa shape index (κ1) is 36.0. The Morgan fingerprint density at radius 2 is 1.52 bits per heavy atom. The first-order valence-corrected chi connectivity index (χ1v) is 18.5. The quantitative estimate of drug-likeness (QED) is 0.143. The number of fused-ring (bicyclic) bond motifs is 4. The number of carbonyl (C=O) groups is 4. The number of phenolic OH excluding ortho intramolecular Hbond substituents is 1. The minimum atomic E-state index is -1.65.